The summed E-state index contributed by atoms with van der Waals surface area (Å²) in [6.45, 7) is 10.2. The van der Waals surface area contributed by atoms with Crippen LogP contribution in [0.25, 0.3) is 0 Å². The van der Waals surface area contributed by atoms with E-state index in [0.717, 1.165) is 36.2 Å². The van der Waals surface area contributed by atoms with Crippen molar-refractivity contribution in [1.82, 2.24) is 0 Å². The summed E-state index contributed by atoms with van der Waals surface area (Å²) in [4.78, 5) is 0. The van der Waals surface area contributed by atoms with Crippen molar-refractivity contribution in [2.24, 2.45) is 5.73 Å². The molecule has 1 aliphatic heterocycles. The van der Waals surface area contributed by atoms with Crippen molar-refractivity contribution in [3.8, 4) is 0 Å². The third-order valence-electron chi connectivity index (χ3n) is 3.97. The lowest BCUT2D eigenvalue weighted by molar-refractivity contribution is 0.735. The molecule has 0 aliphatic carbocycles. The molecule has 0 unspecified atom stereocenters. The van der Waals surface area contributed by atoms with E-state index < -0.39 is 0 Å². The minimum absolute atomic E-state index is 0.554. The first kappa shape index (κ1) is 20.9. The zero-order valence-electron chi connectivity index (χ0n) is 14.8. The second-order valence-corrected chi connectivity index (χ2v) is 7.51. The zero-order chi connectivity index (χ0) is 17.8. The number of hydrogen-bond acceptors (Lipinski definition) is 2. The molecule has 2 N–H and O–H groups in total. The quantitative estimate of drug-likeness (QED) is 0.534. The molecule has 1 nitrogen and oxygen atoms in total. The smallest absolute Gasteiger partial charge is 0.0634 e. The molecule has 0 saturated carbocycles. The lowest BCUT2D eigenvalue weighted by atomic mass is 9.98. The predicted molar refractivity (Wildman–Crippen MR) is 112 cm³/mol. The first-order valence-electron chi connectivity index (χ1n) is 8.65. The molecule has 0 amide bonds. The van der Waals surface area contributed by atoms with Crippen molar-refractivity contribution < 1.29 is 0 Å². The third-order valence-corrected chi connectivity index (χ3v) is 5.28. The van der Waals surface area contributed by atoms with Crippen LogP contribution in [-0.4, -0.2) is 11.5 Å². The molecule has 24 heavy (non-hydrogen) atoms. The molecule has 0 radical (unpaired) electrons. The minimum atomic E-state index is 0.554. The Morgan fingerprint density at radius 3 is 2.83 bits per heavy atom. The van der Waals surface area contributed by atoms with Gasteiger partial charge < -0.3 is 5.73 Å². The Labute approximate surface area is 157 Å². The maximum Gasteiger partial charge on any atom is 0.0634 e. The van der Waals surface area contributed by atoms with E-state index >= 15 is 0 Å². The lowest BCUT2D eigenvalue weighted by Gasteiger charge is -2.11. The summed E-state index contributed by atoms with van der Waals surface area (Å²) < 4.78 is 0. The standard InChI is InChI=1S/C21H30ClNS/c1-4-10-20(22)21(23)18(3)13-12-17(2)19-11-8-6-5-7-9-15-24-16-14-19/h4,8,10-11,14H,2-3,5-7,9,12-13,15-16,23H2,1H3/b10-4-,11-8?,19-14?,21-20+. The highest BCUT2D eigenvalue weighted by Crippen LogP contribution is 2.24. The van der Waals surface area contributed by atoms with Crippen LogP contribution >= 0.6 is 23.4 Å². The molecule has 0 aromatic rings. The summed E-state index contributed by atoms with van der Waals surface area (Å²) in [6.07, 6.45) is 17.2. The normalized spacial score (nSPS) is 17.8. The van der Waals surface area contributed by atoms with Crippen molar-refractivity contribution in [3.63, 3.8) is 0 Å². The zero-order valence-corrected chi connectivity index (χ0v) is 16.4. The first-order valence-corrected chi connectivity index (χ1v) is 10.2. The van der Waals surface area contributed by atoms with Gasteiger partial charge in [-0.25, -0.2) is 0 Å². The van der Waals surface area contributed by atoms with E-state index in [2.05, 4.69) is 31.4 Å². The average Bonchev–Trinajstić information content (AvgIpc) is 2.64. The molecule has 0 bridgehead atoms. The summed E-state index contributed by atoms with van der Waals surface area (Å²) in [7, 11) is 0. The number of allylic oxidation sites excluding steroid dienone is 8. The van der Waals surface area contributed by atoms with E-state index in [1.807, 2.05) is 24.8 Å². The Morgan fingerprint density at radius 1 is 1.29 bits per heavy atom. The van der Waals surface area contributed by atoms with Gasteiger partial charge in [-0.1, -0.05) is 55.5 Å². The minimum Gasteiger partial charge on any atom is -0.397 e. The van der Waals surface area contributed by atoms with Crippen molar-refractivity contribution in [1.29, 1.82) is 0 Å². The Morgan fingerprint density at radius 2 is 2.08 bits per heavy atom. The van der Waals surface area contributed by atoms with E-state index in [1.165, 1.54) is 30.6 Å². The average molecular weight is 364 g/mol. The fourth-order valence-corrected chi connectivity index (χ4v) is 3.53. The molecule has 1 aliphatic rings. The molecule has 0 fully saturated rings. The van der Waals surface area contributed by atoms with E-state index in [1.54, 1.807) is 6.08 Å². The molecule has 132 valence electrons. The van der Waals surface area contributed by atoms with Crippen LogP contribution in [0, 0.1) is 0 Å². The van der Waals surface area contributed by atoms with Gasteiger partial charge in [-0.15, -0.1) is 0 Å². The first-order chi connectivity index (χ1) is 11.6. The second-order valence-electron chi connectivity index (χ2n) is 5.95. The molecule has 3 heteroatoms. The molecular formula is C21H30ClNS. The Balaban J connectivity index is 2.65. The van der Waals surface area contributed by atoms with Gasteiger partial charge in [-0.05, 0) is 67.6 Å². The summed E-state index contributed by atoms with van der Waals surface area (Å²) in [5.41, 5.74) is 9.88. The SMILES string of the molecule is C=C(CCC(=C)/C(N)=C(Cl)/C=C\C)C1=CCSCCCCCC=C1. The highest BCUT2D eigenvalue weighted by Gasteiger charge is 2.06. The van der Waals surface area contributed by atoms with Gasteiger partial charge in [0.1, 0.15) is 0 Å². The Bertz CT molecular complexity index is 552. The van der Waals surface area contributed by atoms with Crippen LogP contribution in [0.1, 0.15) is 45.4 Å². The van der Waals surface area contributed by atoms with Gasteiger partial charge in [0.2, 0.25) is 0 Å². The predicted octanol–water partition coefficient (Wildman–Crippen LogP) is 6.65. The van der Waals surface area contributed by atoms with Crippen molar-refractivity contribution >= 4 is 23.4 Å². The molecule has 0 saturated heterocycles. The van der Waals surface area contributed by atoms with E-state index in [0.29, 0.717) is 10.7 Å². The van der Waals surface area contributed by atoms with Crippen LogP contribution in [0.15, 0.2) is 71.0 Å². The number of thioether (sulfide) groups is 1. The van der Waals surface area contributed by atoms with Crippen LogP contribution in [0.3, 0.4) is 0 Å². The van der Waals surface area contributed by atoms with Crippen molar-refractivity contribution in [2.75, 3.05) is 11.5 Å². The lowest BCUT2D eigenvalue weighted by Crippen LogP contribution is -2.03. The van der Waals surface area contributed by atoms with Crippen LogP contribution in [0.4, 0.5) is 0 Å². The van der Waals surface area contributed by atoms with E-state index in [9.17, 15) is 0 Å². The van der Waals surface area contributed by atoms with E-state index in [-0.39, 0.29) is 0 Å². The van der Waals surface area contributed by atoms with Gasteiger partial charge in [0, 0.05) is 5.75 Å². The largest absolute Gasteiger partial charge is 0.397 e. The summed E-state index contributed by atoms with van der Waals surface area (Å²) in [5, 5.41) is 0.554. The van der Waals surface area contributed by atoms with Gasteiger partial charge in [-0.3, -0.25) is 0 Å². The fraction of sp³-hybridized carbons (Fsp3) is 0.429. The summed E-state index contributed by atoms with van der Waals surface area (Å²) in [6, 6.07) is 0. The van der Waals surface area contributed by atoms with Gasteiger partial charge >= 0.3 is 0 Å². The molecular weight excluding hydrogens is 334 g/mol. The van der Waals surface area contributed by atoms with Crippen LogP contribution in [0.5, 0.6) is 0 Å². The molecule has 0 aromatic heterocycles. The second kappa shape index (κ2) is 12.3. The molecule has 1 heterocycles. The number of halogens is 1. The topological polar surface area (TPSA) is 26.0 Å². The van der Waals surface area contributed by atoms with E-state index in [4.69, 9.17) is 17.3 Å². The maximum atomic E-state index is 6.14. The Kier molecular flexibility index (Phi) is 10.7. The Hall–Kier alpha value is -1.12. The number of nitrogens with two attached hydrogens (primary N) is 1. The highest BCUT2D eigenvalue weighted by atomic mass is 35.5. The van der Waals surface area contributed by atoms with Crippen LogP contribution in [-0.2, 0) is 0 Å². The molecule has 0 atom stereocenters. The number of rotatable bonds is 6. The van der Waals surface area contributed by atoms with Gasteiger partial charge in [0.25, 0.3) is 0 Å². The number of hydrogen-bond donors (Lipinski definition) is 1. The van der Waals surface area contributed by atoms with Crippen LogP contribution < -0.4 is 5.73 Å². The molecule has 0 spiro atoms. The monoisotopic (exact) mass is 363 g/mol. The highest BCUT2D eigenvalue weighted by molar-refractivity contribution is 7.99. The fourth-order valence-electron chi connectivity index (χ4n) is 2.40. The van der Waals surface area contributed by atoms with Gasteiger partial charge in [-0.2, -0.15) is 11.8 Å². The van der Waals surface area contributed by atoms with Crippen LogP contribution in [0.2, 0.25) is 0 Å². The maximum absolute atomic E-state index is 6.14. The summed E-state index contributed by atoms with van der Waals surface area (Å²) >= 11 is 8.14. The molecule has 1 rings (SSSR count). The van der Waals surface area contributed by atoms with Crippen molar-refractivity contribution in [2.45, 2.75) is 45.4 Å². The molecule has 0 aromatic carbocycles. The van der Waals surface area contributed by atoms with Crippen molar-refractivity contribution in [3.05, 3.63) is 71.0 Å². The van der Waals surface area contributed by atoms with Gasteiger partial charge in [0.15, 0.2) is 0 Å². The third kappa shape index (κ3) is 8.12. The van der Waals surface area contributed by atoms with Gasteiger partial charge in [0.05, 0.1) is 10.7 Å². The summed E-state index contributed by atoms with van der Waals surface area (Å²) in [5.74, 6) is 2.30.